The summed E-state index contributed by atoms with van der Waals surface area (Å²) < 4.78 is 17.1. The monoisotopic (exact) mass is 415 g/mol. The number of likely N-dealkylation sites (N-methyl/N-ethyl adjacent to an activating group) is 1. The molecule has 0 spiro atoms. The molecule has 29 heavy (non-hydrogen) atoms. The van der Waals surface area contributed by atoms with Gasteiger partial charge in [0.15, 0.2) is 11.5 Å². The van der Waals surface area contributed by atoms with Crippen molar-refractivity contribution in [2.45, 2.75) is 38.3 Å². The normalized spacial score (nSPS) is 20.1. The minimum atomic E-state index is -0.358. The first-order chi connectivity index (χ1) is 14.1. The molecule has 1 aromatic heterocycles. The molecule has 0 bridgehead atoms. The van der Waals surface area contributed by atoms with Crippen molar-refractivity contribution in [1.82, 2.24) is 4.90 Å². The third-order valence-electron chi connectivity index (χ3n) is 6.08. The molecule has 7 nitrogen and oxygen atoms in total. The second-order valence-corrected chi connectivity index (χ2v) is 8.88. The van der Waals surface area contributed by atoms with Crippen molar-refractivity contribution < 1.29 is 19.0 Å². The van der Waals surface area contributed by atoms with Gasteiger partial charge >= 0.3 is 0 Å². The standard InChI is InChI=1S/C21H25N3O4S/c1-24-8-7-11-9-13-17(28-10-27-13)18(26-2)15(11)20(24)23-21-16(19(22)25)12-5-3-4-6-14(12)29-21/h9,20,23H,3-8,10H2,1-2H3,(H2,22,25). The molecule has 3 N–H and O–H groups in total. The van der Waals surface area contributed by atoms with E-state index in [1.165, 1.54) is 10.4 Å². The van der Waals surface area contributed by atoms with Crippen LogP contribution in [-0.4, -0.2) is 38.3 Å². The van der Waals surface area contributed by atoms with E-state index in [1.54, 1.807) is 18.4 Å². The molecule has 0 saturated heterocycles. The van der Waals surface area contributed by atoms with Crippen molar-refractivity contribution in [3.63, 3.8) is 0 Å². The zero-order valence-electron chi connectivity index (χ0n) is 16.7. The fourth-order valence-electron chi connectivity index (χ4n) is 4.67. The van der Waals surface area contributed by atoms with Gasteiger partial charge in [0.05, 0.1) is 12.7 Å². The first-order valence-corrected chi connectivity index (χ1v) is 10.8. The summed E-state index contributed by atoms with van der Waals surface area (Å²) in [7, 11) is 3.73. The van der Waals surface area contributed by atoms with Gasteiger partial charge < -0.3 is 25.3 Å². The van der Waals surface area contributed by atoms with Crippen molar-refractivity contribution in [1.29, 1.82) is 0 Å². The predicted octanol–water partition coefficient (Wildman–Crippen LogP) is 3.06. The molecule has 2 aromatic rings. The van der Waals surface area contributed by atoms with Gasteiger partial charge in [0.25, 0.3) is 5.91 Å². The minimum Gasteiger partial charge on any atom is -0.492 e. The number of aryl methyl sites for hydroxylation is 1. The molecule has 5 rings (SSSR count). The van der Waals surface area contributed by atoms with Gasteiger partial charge in [0.1, 0.15) is 11.2 Å². The van der Waals surface area contributed by atoms with E-state index in [0.717, 1.165) is 60.5 Å². The number of nitrogens with two attached hydrogens (primary N) is 1. The van der Waals surface area contributed by atoms with Gasteiger partial charge in [-0.15, -0.1) is 11.3 Å². The smallest absolute Gasteiger partial charge is 0.251 e. The second-order valence-electron chi connectivity index (χ2n) is 7.77. The summed E-state index contributed by atoms with van der Waals surface area (Å²) in [5.74, 6) is 1.71. The van der Waals surface area contributed by atoms with E-state index in [2.05, 4.69) is 23.3 Å². The van der Waals surface area contributed by atoms with E-state index in [4.69, 9.17) is 19.9 Å². The van der Waals surface area contributed by atoms with Crippen LogP contribution in [0.15, 0.2) is 6.07 Å². The van der Waals surface area contributed by atoms with Gasteiger partial charge in [-0.2, -0.15) is 0 Å². The number of methoxy groups -OCH3 is 1. The highest BCUT2D eigenvalue weighted by atomic mass is 32.1. The molecular weight excluding hydrogens is 390 g/mol. The minimum absolute atomic E-state index is 0.151. The van der Waals surface area contributed by atoms with E-state index >= 15 is 0 Å². The van der Waals surface area contributed by atoms with Crippen LogP contribution < -0.4 is 25.3 Å². The fourth-order valence-corrected chi connectivity index (χ4v) is 5.98. The maximum absolute atomic E-state index is 12.3. The number of fused-ring (bicyclic) bond motifs is 3. The van der Waals surface area contributed by atoms with E-state index < -0.39 is 0 Å². The third kappa shape index (κ3) is 2.93. The van der Waals surface area contributed by atoms with E-state index in [-0.39, 0.29) is 18.9 Å². The molecule has 0 radical (unpaired) electrons. The molecular formula is C21H25N3O4S. The first-order valence-electron chi connectivity index (χ1n) is 9.99. The lowest BCUT2D eigenvalue weighted by Crippen LogP contribution is -2.37. The lowest BCUT2D eigenvalue weighted by atomic mass is 9.94. The Morgan fingerprint density at radius 3 is 2.93 bits per heavy atom. The van der Waals surface area contributed by atoms with Crippen molar-refractivity contribution in [2.24, 2.45) is 5.73 Å². The largest absolute Gasteiger partial charge is 0.492 e. The Kier molecular flexibility index (Phi) is 4.55. The van der Waals surface area contributed by atoms with Crippen LogP contribution in [0.25, 0.3) is 0 Å². The zero-order valence-corrected chi connectivity index (χ0v) is 17.5. The number of rotatable bonds is 4. The number of benzene rings is 1. The Balaban J connectivity index is 1.60. The number of nitrogens with zero attached hydrogens (tertiary/aromatic N) is 1. The molecule has 1 unspecified atom stereocenters. The van der Waals surface area contributed by atoms with Crippen LogP contribution in [0, 0.1) is 0 Å². The van der Waals surface area contributed by atoms with Crippen LogP contribution in [0.1, 0.15) is 50.9 Å². The summed E-state index contributed by atoms with van der Waals surface area (Å²) >= 11 is 1.66. The van der Waals surface area contributed by atoms with Crippen LogP contribution in [0.3, 0.4) is 0 Å². The molecule has 154 valence electrons. The van der Waals surface area contributed by atoms with Crippen LogP contribution in [-0.2, 0) is 19.3 Å². The number of carbonyl (C=O) groups is 1. The molecule has 2 aliphatic heterocycles. The first kappa shape index (κ1) is 18.6. The summed E-state index contributed by atoms with van der Waals surface area (Å²) in [6, 6.07) is 2.05. The highest BCUT2D eigenvalue weighted by Gasteiger charge is 2.35. The topological polar surface area (TPSA) is 86.0 Å². The Morgan fingerprint density at radius 1 is 1.31 bits per heavy atom. The van der Waals surface area contributed by atoms with E-state index in [1.807, 2.05) is 0 Å². The predicted molar refractivity (Wildman–Crippen MR) is 111 cm³/mol. The van der Waals surface area contributed by atoms with Crippen molar-refractivity contribution in [3.05, 3.63) is 33.2 Å². The number of ether oxygens (including phenoxy) is 3. The van der Waals surface area contributed by atoms with Crippen LogP contribution in [0.5, 0.6) is 17.2 Å². The quantitative estimate of drug-likeness (QED) is 0.798. The molecule has 8 heteroatoms. The number of thiophene rings is 1. The molecule has 0 fully saturated rings. The lowest BCUT2D eigenvalue weighted by Gasteiger charge is -2.36. The number of anilines is 1. The Labute approximate surface area is 173 Å². The van der Waals surface area contributed by atoms with Crippen LogP contribution in [0.2, 0.25) is 0 Å². The molecule has 1 aliphatic carbocycles. The average Bonchev–Trinajstić information content (AvgIpc) is 3.32. The summed E-state index contributed by atoms with van der Waals surface area (Å²) in [6.45, 7) is 1.08. The summed E-state index contributed by atoms with van der Waals surface area (Å²) in [4.78, 5) is 15.8. The highest BCUT2D eigenvalue weighted by molar-refractivity contribution is 7.16. The van der Waals surface area contributed by atoms with Crippen molar-refractivity contribution in [2.75, 3.05) is 32.8 Å². The number of carbonyl (C=O) groups excluding carboxylic acids is 1. The average molecular weight is 416 g/mol. The Hall–Kier alpha value is -2.45. The van der Waals surface area contributed by atoms with E-state index in [9.17, 15) is 4.79 Å². The van der Waals surface area contributed by atoms with Crippen molar-refractivity contribution in [3.8, 4) is 17.2 Å². The van der Waals surface area contributed by atoms with Gasteiger partial charge in [-0.05, 0) is 56.3 Å². The van der Waals surface area contributed by atoms with Gasteiger partial charge in [-0.1, -0.05) is 0 Å². The maximum Gasteiger partial charge on any atom is 0.251 e. The summed E-state index contributed by atoms with van der Waals surface area (Å²) in [6.07, 6.45) is 4.94. The second kappa shape index (κ2) is 7.11. The zero-order chi connectivity index (χ0) is 20.1. The summed E-state index contributed by atoms with van der Waals surface area (Å²) in [5.41, 5.74) is 9.79. The van der Waals surface area contributed by atoms with E-state index in [0.29, 0.717) is 17.1 Å². The molecule has 0 saturated carbocycles. The third-order valence-corrected chi connectivity index (χ3v) is 7.30. The Bertz CT molecular complexity index is 987. The lowest BCUT2D eigenvalue weighted by molar-refractivity contribution is 0.1000. The maximum atomic E-state index is 12.3. The number of nitrogens with one attached hydrogen (secondary N) is 1. The number of primary amides is 1. The Morgan fingerprint density at radius 2 is 2.14 bits per heavy atom. The molecule has 1 atom stereocenters. The molecule has 1 aromatic carbocycles. The summed E-state index contributed by atoms with van der Waals surface area (Å²) in [5, 5.41) is 4.48. The SMILES string of the molecule is COc1c2c(cc3c1C(Nc1sc4c(c1C(N)=O)CCCC4)N(C)CC3)OCO2. The molecule has 3 aliphatic rings. The van der Waals surface area contributed by atoms with Gasteiger partial charge in [-0.3, -0.25) is 9.69 Å². The molecule has 3 heterocycles. The number of amides is 1. The highest BCUT2D eigenvalue weighted by Crippen LogP contribution is 2.50. The fraction of sp³-hybridized carbons (Fsp3) is 0.476. The molecule has 1 amide bonds. The number of hydrogen-bond acceptors (Lipinski definition) is 7. The number of hydrogen-bond donors (Lipinski definition) is 2. The van der Waals surface area contributed by atoms with Crippen LogP contribution >= 0.6 is 11.3 Å². The van der Waals surface area contributed by atoms with Crippen LogP contribution in [0.4, 0.5) is 5.00 Å². The van der Waals surface area contributed by atoms with Crippen molar-refractivity contribution >= 4 is 22.2 Å². The van der Waals surface area contributed by atoms with Gasteiger partial charge in [-0.25, -0.2) is 0 Å². The van der Waals surface area contributed by atoms with Gasteiger partial charge in [0.2, 0.25) is 12.5 Å². The van der Waals surface area contributed by atoms with Gasteiger partial charge in [0, 0.05) is 17.0 Å².